The maximum atomic E-state index is 12.4. The van der Waals surface area contributed by atoms with E-state index in [1.165, 1.54) is 6.08 Å². The third kappa shape index (κ3) is 8.52. The molecule has 0 N–H and O–H groups in total. The molecule has 0 saturated heterocycles. The summed E-state index contributed by atoms with van der Waals surface area (Å²) in [6.07, 6.45) is 3.17. The van der Waals surface area contributed by atoms with Gasteiger partial charge in [0.2, 0.25) is 0 Å². The Bertz CT molecular complexity index is 561. The highest BCUT2D eigenvalue weighted by molar-refractivity contribution is 5.87. The SMILES string of the molecule is CC(C)COC(=O)C(CC(C)C)C(C)OC(=O)/C=C/c1ccccc1. The van der Waals surface area contributed by atoms with E-state index in [9.17, 15) is 9.59 Å². The van der Waals surface area contributed by atoms with Gasteiger partial charge in [-0.15, -0.1) is 0 Å². The molecular formula is C21H30O4. The van der Waals surface area contributed by atoms with E-state index in [4.69, 9.17) is 9.47 Å². The number of rotatable bonds is 9. The monoisotopic (exact) mass is 346 g/mol. The van der Waals surface area contributed by atoms with Gasteiger partial charge in [-0.05, 0) is 36.8 Å². The first-order valence-corrected chi connectivity index (χ1v) is 8.90. The number of carbonyl (C=O) groups is 2. The fourth-order valence-corrected chi connectivity index (χ4v) is 2.38. The zero-order chi connectivity index (χ0) is 18.8. The third-order valence-corrected chi connectivity index (χ3v) is 3.67. The molecule has 0 bridgehead atoms. The van der Waals surface area contributed by atoms with E-state index in [0.29, 0.717) is 18.9 Å². The molecule has 0 heterocycles. The summed E-state index contributed by atoms with van der Waals surface area (Å²) in [4.78, 5) is 24.4. The van der Waals surface area contributed by atoms with Gasteiger partial charge in [-0.2, -0.15) is 0 Å². The van der Waals surface area contributed by atoms with Crippen molar-refractivity contribution in [3.8, 4) is 0 Å². The zero-order valence-corrected chi connectivity index (χ0v) is 15.9. The summed E-state index contributed by atoms with van der Waals surface area (Å²) in [5, 5.41) is 0. The summed E-state index contributed by atoms with van der Waals surface area (Å²) in [6.45, 7) is 10.2. The predicted molar refractivity (Wildman–Crippen MR) is 99.8 cm³/mol. The van der Waals surface area contributed by atoms with Gasteiger partial charge in [-0.1, -0.05) is 58.0 Å². The van der Waals surface area contributed by atoms with Crippen LogP contribution in [-0.4, -0.2) is 24.6 Å². The van der Waals surface area contributed by atoms with Crippen molar-refractivity contribution in [2.24, 2.45) is 17.8 Å². The summed E-state index contributed by atoms with van der Waals surface area (Å²) in [5.74, 6) is -0.628. The number of ether oxygens (including phenoxy) is 2. The van der Waals surface area contributed by atoms with Crippen LogP contribution in [0.2, 0.25) is 0 Å². The Morgan fingerprint density at radius 1 is 1.00 bits per heavy atom. The largest absolute Gasteiger partial charge is 0.465 e. The van der Waals surface area contributed by atoms with E-state index >= 15 is 0 Å². The highest BCUT2D eigenvalue weighted by atomic mass is 16.6. The molecule has 4 heteroatoms. The van der Waals surface area contributed by atoms with Gasteiger partial charge >= 0.3 is 11.9 Å². The first kappa shape index (κ1) is 20.9. The fourth-order valence-electron chi connectivity index (χ4n) is 2.38. The molecule has 4 nitrogen and oxygen atoms in total. The molecule has 1 rings (SSSR count). The lowest BCUT2D eigenvalue weighted by atomic mass is 9.93. The summed E-state index contributed by atoms with van der Waals surface area (Å²) in [6, 6.07) is 9.52. The van der Waals surface area contributed by atoms with Crippen LogP contribution in [0, 0.1) is 17.8 Å². The van der Waals surface area contributed by atoms with Crippen LogP contribution in [0.3, 0.4) is 0 Å². The Labute approximate surface area is 151 Å². The summed E-state index contributed by atoms with van der Waals surface area (Å²) < 4.78 is 10.8. The second-order valence-corrected chi connectivity index (χ2v) is 7.15. The molecule has 2 atom stereocenters. The fraction of sp³-hybridized carbons (Fsp3) is 0.524. The summed E-state index contributed by atoms with van der Waals surface area (Å²) in [7, 11) is 0. The van der Waals surface area contributed by atoms with Crippen LogP contribution in [0.1, 0.15) is 46.6 Å². The summed E-state index contributed by atoms with van der Waals surface area (Å²) >= 11 is 0. The van der Waals surface area contributed by atoms with Crippen molar-refractivity contribution in [3.63, 3.8) is 0 Å². The molecule has 2 unspecified atom stereocenters. The third-order valence-electron chi connectivity index (χ3n) is 3.67. The van der Waals surface area contributed by atoms with Crippen LogP contribution in [0.5, 0.6) is 0 Å². The Kier molecular flexibility index (Phi) is 8.96. The standard InChI is InChI=1S/C21H30O4/c1-15(2)13-19(21(23)24-14-16(3)4)17(5)25-20(22)12-11-18-9-7-6-8-10-18/h6-12,15-17,19H,13-14H2,1-5H3/b12-11+. The lowest BCUT2D eigenvalue weighted by molar-refractivity contribution is -0.160. The van der Waals surface area contributed by atoms with Crippen LogP contribution >= 0.6 is 0 Å². The van der Waals surface area contributed by atoms with Gasteiger partial charge in [-0.3, -0.25) is 4.79 Å². The number of carbonyl (C=O) groups excluding carboxylic acids is 2. The van der Waals surface area contributed by atoms with Gasteiger partial charge in [0.15, 0.2) is 0 Å². The molecule has 138 valence electrons. The molecule has 0 fully saturated rings. The van der Waals surface area contributed by atoms with Crippen LogP contribution in [0.25, 0.3) is 6.08 Å². The smallest absolute Gasteiger partial charge is 0.331 e. The van der Waals surface area contributed by atoms with E-state index in [0.717, 1.165) is 5.56 Å². The average molecular weight is 346 g/mol. The van der Waals surface area contributed by atoms with Crippen molar-refractivity contribution in [2.75, 3.05) is 6.61 Å². The van der Waals surface area contributed by atoms with Crippen LogP contribution in [0.15, 0.2) is 36.4 Å². The molecule has 0 amide bonds. The van der Waals surface area contributed by atoms with E-state index < -0.39 is 18.0 Å². The highest BCUT2D eigenvalue weighted by Gasteiger charge is 2.30. The number of hydrogen-bond acceptors (Lipinski definition) is 4. The molecule has 0 saturated carbocycles. The van der Waals surface area contributed by atoms with Crippen LogP contribution < -0.4 is 0 Å². The normalized spacial score (nSPS) is 13.9. The van der Waals surface area contributed by atoms with Crippen LogP contribution in [0.4, 0.5) is 0 Å². The van der Waals surface area contributed by atoms with E-state index in [-0.39, 0.29) is 11.9 Å². The van der Waals surface area contributed by atoms with Crippen LogP contribution in [-0.2, 0) is 19.1 Å². The highest BCUT2D eigenvalue weighted by Crippen LogP contribution is 2.20. The van der Waals surface area contributed by atoms with Crippen molar-refractivity contribution < 1.29 is 19.1 Å². The number of hydrogen-bond donors (Lipinski definition) is 0. The van der Waals surface area contributed by atoms with Gasteiger partial charge in [0, 0.05) is 6.08 Å². The maximum Gasteiger partial charge on any atom is 0.331 e. The second-order valence-electron chi connectivity index (χ2n) is 7.15. The molecule has 0 aromatic heterocycles. The van der Waals surface area contributed by atoms with Crippen molar-refractivity contribution in [3.05, 3.63) is 42.0 Å². The zero-order valence-electron chi connectivity index (χ0n) is 15.9. The lowest BCUT2D eigenvalue weighted by Crippen LogP contribution is -2.33. The van der Waals surface area contributed by atoms with Crippen molar-refractivity contribution >= 4 is 18.0 Å². The molecule has 0 aliphatic rings. The van der Waals surface area contributed by atoms with Crippen molar-refractivity contribution in [2.45, 2.75) is 47.1 Å². The van der Waals surface area contributed by atoms with Gasteiger partial charge in [0.05, 0.1) is 12.5 Å². The molecule has 0 spiro atoms. The quantitative estimate of drug-likeness (QED) is 0.488. The van der Waals surface area contributed by atoms with Gasteiger partial charge in [-0.25, -0.2) is 4.79 Å². The Balaban J connectivity index is 2.66. The second kappa shape index (κ2) is 10.7. The lowest BCUT2D eigenvalue weighted by Gasteiger charge is -2.24. The average Bonchev–Trinajstić information content (AvgIpc) is 2.56. The maximum absolute atomic E-state index is 12.4. The van der Waals surface area contributed by atoms with Gasteiger partial charge < -0.3 is 9.47 Å². The molecule has 1 aromatic carbocycles. The molecule has 25 heavy (non-hydrogen) atoms. The summed E-state index contributed by atoms with van der Waals surface area (Å²) in [5.41, 5.74) is 0.919. The van der Waals surface area contributed by atoms with E-state index in [2.05, 4.69) is 0 Å². The van der Waals surface area contributed by atoms with Gasteiger partial charge in [0.25, 0.3) is 0 Å². The van der Waals surface area contributed by atoms with Crippen molar-refractivity contribution in [1.29, 1.82) is 0 Å². The first-order valence-electron chi connectivity index (χ1n) is 8.90. The minimum absolute atomic E-state index is 0.273. The van der Waals surface area contributed by atoms with Gasteiger partial charge in [0.1, 0.15) is 6.10 Å². The molecule has 0 aliphatic heterocycles. The number of esters is 2. The topological polar surface area (TPSA) is 52.6 Å². The Morgan fingerprint density at radius 3 is 2.20 bits per heavy atom. The molecule has 1 aromatic rings. The molecule has 0 aliphatic carbocycles. The number of benzene rings is 1. The first-order chi connectivity index (χ1) is 11.8. The van der Waals surface area contributed by atoms with Crippen molar-refractivity contribution in [1.82, 2.24) is 0 Å². The predicted octanol–water partition coefficient (Wildman–Crippen LogP) is 4.49. The Hall–Kier alpha value is -2.10. The minimum atomic E-state index is -0.532. The van der Waals surface area contributed by atoms with E-state index in [1.54, 1.807) is 13.0 Å². The van der Waals surface area contributed by atoms with E-state index in [1.807, 2.05) is 58.0 Å². The Morgan fingerprint density at radius 2 is 1.64 bits per heavy atom. The molecular weight excluding hydrogens is 316 g/mol. The minimum Gasteiger partial charge on any atom is -0.465 e. The molecule has 0 radical (unpaired) electrons.